The fourth-order valence-electron chi connectivity index (χ4n) is 3.38. The number of hydrogen-bond donors (Lipinski definition) is 1. The van der Waals surface area contributed by atoms with Crippen LogP contribution in [0.2, 0.25) is 0 Å². The minimum absolute atomic E-state index is 0.566. The molecule has 0 atom stereocenters. The summed E-state index contributed by atoms with van der Waals surface area (Å²) in [5.74, 6) is 0.945. The first kappa shape index (κ1) is 15.7. The van der Waals surface area contributed by atoms with Crippen LogP contribution in [-0.4, -0.2) is 7.05 Å². The SMILES string of the molecule is CNCc1c(OCc2cccc3ccccc23)ccc2ccccc12. The zero-order valence-electron chi connectivity index (χ0n) is 14.3. The number of rotatable bonds is 5. The fourth-order valence-corrected chi connectivity index (χ4v) is 3.38. The first-order valence-corrected chi connectivity index (χ1v) is 8.61. The summed E-state index contributed by atoms with van der Waals surface area (Å²) < 4.78 is 6.25. The topological polar surface area (TPSA) is 21.3 Å². The Balaban J connectivity index is 1.69. The average Bonchev–Trinajstić information content (AvgIpc) is 2.67. The van der Waals surface area contributed by atoms with Gasteiger partial charge < -0.3 is 10.1 Å². The monoisotopic (exact) mass is 327 g/mol. The van der Waals surface area contributed by atoms with Crippen molar-refractivity contribution in [3.8, 4) is 5.75 Å². The summed E-state index contributed by atoms with van der Waals surface area (Å²) in [7, 11) is 1.97. The van der Waals surface area contributed by atoms with Crippen molar-refractivity contribution in [2.75, 3.05) is 7.05 Å². The van der Waals surface area contributed by atoms with Crippen molar-refractivity contribution >= 4 is 21.5 Å². The van der Waals surface area contributed by atoms with Gasteiger partial charge in [0.2, 0.25) is 0 Å². The highest BCUT2D eigenvalue weighted by molar-refractivity contribution is 5.88. The number of nitrogens with one attached hydrogen (secondary N) is 1. The fraction of sp³-hybridized carbons (Fsp3) is 0.130. The number of ether oxygens (including phenoxy) is 1. The molecule has 124 valence electrons. The van der Waals surface area contributed by atoms with Crippen LogP contribution in [0.4, 0.5) is 0 Å². The molecule has 0 spiro atoms. The van der Waals surface area contributed by atoms with Crippen LogP contribution >= 0.6 is 0 Å². The standard InChI is InChI=1S/C23H21NO/c1-24-15-22-21-12-5-3-8-18(21)13-14-23(22)25-16-19-10-6-9-17-7-2-4-11-20(17)19/h2-14,24H,15-16H2,1H3. The number of fused-ring (bicyclic) bond motifs is 2. The molecular weight excluding hydrogens is 306 g/mol. The first-order chi connectivity index (χ1) is 12.4. The lowest BCUT2D eigenvalue weighted by Crippen LogP contribution is -2.08. The third-order valence-electron chi connectivity index (χ3n) is 4.61. The molecule has 25 heavy (non-hydrogen) atoms. The van der Waals surface area contributed by atoms with Gasteiger partial charge in [-0.05, 0) is 40.2 Å². The van der Waals surface area contributed by atoms with E-state index in [-0.39, 0.29) is 0 Å². The molecule has 0 saturated heterocycles. The van der Waals surface area contributed by atoms with Crippen LogP contribution in [0.5, 0.6) is 5.75 Å². The van der Waals surface area contributed by atoms with Crippen LogP contribution in [0.3, 0.4) is 0 Å². The van der Waals surface area contributed by atoms with Crippen LogP contribution in [0.1, 0.15) is 11.1 Å². The summed E-state index contributed by atoms with van der Waals surface area (Å²) in [5, 5.41) is 8.25. The molecule has 0 saturated carbocycles. The van der Waals surface area contributed by atoms with Gasteiger partial charge in [0, 0.05) is 12.1 Å². The van der Waals surface area contributed by atoms with Gasteiger partial charge in [0.15, 0.2) is 0 Å². The Morgan fingerprint density at radius 1 is 0.720 bits per heavy atom. The lowest BCUT2D eigenvalue weighted by molar-refractivity contribution is 0.304. The highest BCUT2D eigenvalue weighted by Crippen LogP contribution is 2.29. The lowest BCUT2D eigenvalue weighted by Gasteiger charge is -2.15. The number of benzene rings is 4. The Morgan fingerprint density at radius 2 is 1.40 bits per heavy atom. The van der Waals surface area contributed by atoms with Crippen molar-refractivity contribution in [3.63, 3.8) is 0 Å². The van der Waals surface area contributed by atoms with Crippen molar-refractivity contribution in [1.82, 2.24) is 5.32 Å². The molecule has 0 aliphatic carbocycles. The van der Waals surface area contributed by atoms with Crippen molar-refractivity contribution in [2.45, 2.75) is 13.2 Å². The third kappa shape index (κ3) is 3.09. The summed E-state index contributed by atoms with van der Waals surface area (Å²) in [6.45, 7) is 1.35. The predicted molar refractivity (Wildman–Crippen MR) is 105 cm³/mol. The molecule has 0 aromatic heterocycles. The number of hydrogen-bond acceptors (Lipinski definition) is 2. The molecule has 0 aliphatic rings. The Bertz CT molecular complexity index is 1020. The predicted octanol–water partition coefficient (Wildman–Crippen LogP) is 5.29. The van der Waals surface area contributed by atoms with Gasteiger partial charge in [-0.2, -0.15) is 0 Å². The van der Waals surface area contributed by atoms with Gasteiger partial charge in [-0.25, -0.2) is 0 Å². The second kappa shape index (κ2) is 6.96. The quantitative estimate of drug-likeness (QED) is 0.537. The van der Waals surface area contributed by atoms with E-state index < -0.39 is 0 Å². The summed E-state index contributed by atoms with van der Waals surface area (Å²) >= 11 is 0. The molecule has 0 aliphatic heterocycles. The first-order valence-electron chi connectivity index (χ1n) is 8.61. The molecule has 0 unspecified atom stereocenters. The summed E-state index contributed by atoms with van der Waals surface area (Å²) in [4.78, 5) is 0. The van der Waals surface area contributed by atoms with Crippen molar-refractivity contribution in [1.29, 1.82) is 0 Å². The van der Waals surface area contributed by atoms with E-state index in [2.05, 4.69) is 84.2 Å². The molecule has 4 aromatic rings. The Kier molecular flexibility index (Phi) is 4.36. The molecule has 0 amide bonds. The van der Waals surface area contributed by atoms with Crippen LogP contribution < -0.4 is 10.1 Å². The zero-order chi connectivity index (χ0) is 17.1. The van der Waals surface area contributed by atoms with Crippen LogP contribution in [0, 0.1) is 0 Å². The summed E-state index contributed by atoms with van der Waals surface area (Å²) in [5.41, 5.74) is 2.42. The maximum Gasteiger partial charge on any atom is 0.124 e. The molecule has 0 fully saturated rings. The molecule has 0 bridgehead atoms. The van der Waals surface area contributed by atoms with E-state index >= 15 is 0 Å². The van der Waals surface area contributed by atoms with E-state index in [1.165, 1.54) is 32.7 Å². The smallest absolute Gasteiger partial charge is 0.124 e. The highest BCUT2D eigenvalue weighted by atomic mass is 16.5. The second-order valence-corrected chi connectivity index (χ2v) is 6.22. The normalized spacial score (nSPS) is 11.1. The van der Waals surface area contributed by atoms with Gasteiger partial charge in [0.05, 0.1) is 0 Å². The molecule has 1 N–H and O–H groups in total. The minimum Gasteiger partial charge on any atom is -0.489 e. The molecule has 2 heteroatoms. The maximum absolute atomic E-state index is 6.25. The minimum atomic E-state index is 0.566. The van der Waals surface area contributed by atoms with Gasteiger partial charge >= 0.3 is 0 Å². The van der Waals surface area contributed by atoms with Gasteiger partial charge in [-0.1, -0.05) is 72.8 Å². The summed E-state index contributed by atoms with van der Waals surface area (Å²) in [6.07, 6.45) is 0. The van der Waals surface area contributed by atoms with Crippen molar-refractivity contribution < 1.29 is 4.74 Å². The molecular formula is C23H21NO. The molecule has 2 nitrogen and oxygen atoms in total. The van der Waals surface area contributed by atoms with E-state index in [9.17, 15) is 0 Å². The van der Waals surface area contributed by atoms with Crippen LogP contribution in [0.15, 0.2) is 78.9 Å². The lowest BCUT2D eigenvalue weighted by atomic mass is 10.0. The molecule has 0 radical (unpaired) electrons. The van der Waals surface area contributed by atoms with Crippen LogP contribution in [-0.2, 0) is 13.2 Å². The third-order valence-corrected chi connectivity index (χ3v) is 4.61. The van der Waals surface area contributed by atoms with E-state index in [0.717, 1.165) is 12.3 Å². The Morgan fingerprint density at radius 3 is 2.20 bits per heavy atom. The average molecular weight is 327 g/mol. The van der Waals surface area contributed by atoms with Crippen LogP contribution in [0.25, 0.3) is 21.5 Å². The van der Waals surface area contributed by atoms with Crippen molar-refractivity contribution in [3.05, 3.63) is 90.0 Å². The van der Waals surface area contributed by atoms with Gasteiger partial charge in [0.1, 0.15) is 12.4 Å². The molecule has 0 heterocycles. The largest absolute Gasteiger partial charge is 0.489 e. The van der Waals surface area contributed by atoms with Gasteiger partial charge in [0.25, 0.3) is 0 Å². The molecule has 4 aromatic carbocycles. The highest BCUT2D eigenvalue weighted by Gasteiger charge is 2.09. The molecule has 4 rings (SSSR count). The maximum atomic E-state index is 6.25. The Hall–Kier alpha value is -2.84. The van der Waals surface area contributed by atoms with E-state index in [0.29, 0.717) is 6.61 Å². The zero-order valence-corrected chi connectivity index (χ0v) is 14.3. The van der Waals surface area contributed by atoms with E-state index in [4.69, 9.17) is 4.74 Å². The van der Waals surface area contributed by atoms with E-state index in [1.807, 2.05) is 7.05 Å². The van der Waals surface area contributed by atoms with Gasteiger partial charge in [-0.15, -0.1) is 0 Å². The summed E-state index contributed by atoms with van der Waals surface area (Å²) in [6, 6.07) is 27.5. The van der Waals surface area contributed by atoms with Gasteiger partial charge in [-0.3, -0.25) is 0 Å². The van der Waals surface area contributed by atoms with E-state index in [1.54, 1.807) is 0 Å². The van der Waals surface area contributed by atoms with Crippen molar-refractivity contribution in [2.24, 2.45) is 0 Å². The Labute approximate surface area is 148 Å². The second-order valence-electron chi connectivity index (χ2n) is 6.22.